The minimum absolute atomic E-state index is 0.0194. The summed E-state index contributed by atoms with van der Waals surface area (Å²) in [4.78, 5) is 27.3. The van der Waals surface area contributed by atoms with E-state index < -0.39 is 12.1 Å². The van der Waals surface area contributed by atoms with Gasteiger partial charge in [-0.1, -0.05) is 50.6 Å². The topological polar surface area (TPSA) is 77.1 Å². The summed E-state index contributed by atoms with van der Waals surface area (Å²) in [5.74, 6) is 0.307. The van der Waals surface area contributed by atoms with Crippen LogP contribution in [0.1, 0.15) is 38.7 Å². The first-order valence-electron chi connectivity index (χ1n) is 10.6. The minimum atomic E-state index is -0.584. The lowest BCUT2D eigenvalue weighted by atomic mass is 9.93. The number of alkyl carbamates (subject to hydrolysis) is 1. The molecule has 0 saturated carbocycles. The number of piperidine rings is 1. The van der Waals surface area contributed by atoms with Crippen LogP contribution in [0.3, 0.4) is 0 Å². The zero-order valence-electron chi connectivity index (χ0n) is 17.3. The van der Waals surface area contributed by atoms with Crippen LogP contribution in [-0.2, 0) is 25.6 Å². The Morgan fingerprint density at radius 1 is 1.17 bits per heavy atom. The second-order valence-corrected chi connectivity index (χ2v) is 7.84. The van der Waals surface area contributed by atoms with Gasteiger partial charge in [-0.05, 0) is 24.3 Å². The number of hydrogen-bond acceptors (Lipinski definition) is 5. The van der Waals surface area contributed by atoms with Crippen LogP contribution in [-0.4, -0.2) is 55.5 Å². The molecule has 2 saturated heterocycles. The molecule has 0 unspecified atom stereocenters. The van der Waals surface area contributed by atoms with E-state index in [4.69, 9.17) is 14.2 Å². The molecule has 0 bridgehead atoms. The van der Waals surface area contributed by atoms with Gasteiger partial charge in [0, 0.05) is 19.0 Å². The number of benzene rings is 1. The quantitative estimate of drug-likeness (QED) is 0.756. The van der Waals surface area contributed by atoms with Crippen molar-refractivity contribution in [1.29, 1.82) is 0 Å². The van der Waals surface area contributed by atoms with Gasteiger partial charge in [0.2, 0.25) is 5.91 Å². The average molecular weight is 405 g/mol. The third kappa shape index (κ3) is 5.93. The molecule has 2 heterocycles. The van der Waals surface area contributed by atoms with E-state index in [1.54, 1.807) is 0 Å². The smallest absolute Gasteiger partial charge is 0.408 e. The fourth-order valence-electron chi connectivity index (χ4n) is 3.81. The molecule has 0 radical (unpaired) electrons. The molecule has 0 aromatic heterocycles. The van der Waals surface area contributed by atoms with Crippen LogP contribution < -0.4 is 5.32 Å². The first-order chi connectivity index (χ1) is 14.1. The molecule has 1 N–H and O–H groups in total. The molecule has 2 aliphatic heterocycles. The molecule has 1 aromatic rings. The highest BCUT2D eigenvalue weighted by molar-refractivity contribution is 5.86. The number of amides is 2. The summed E-state index contributed by atoms with van der Waals surface area (Å²) < 4.78 is 16.5. The first-order valence-corrected chi connectivity index (χ1v) is 10.6. The zero-order chi connectivity index (χ0) is 20.6. The summed E-state index contributed by atoms with van der Waals surface area (Å²) in [6.07, 6.45) is 1.79. The van der Waals surface area contributed by atoms with Gasteiger partial charge < -0.3 is 24.4 Å². The number of likely N-dealkylation sites (tertiary alicyclic amines) is 1. The van der Waals surface area contributed by atoms with Crippen molar-refractivity contribution in [3.8, 4) is 0 Å². The lowest BCUT2D eigenvalue weighted by Crippen LogP contribution is -2.54. The first kappa shape index (κ1) is 21.6. The van der Waals surface area contributed by atoms with E-state index in [1.165, 1.54) is 0 Å². The monoisotopic (exact) mass is 404 g/mol. The standard InChI is InChI=1S/C22H32N2O5/c1-3-16(2)19(23-22(26)29-15-17-7-5-4-6-8-17)20(25)24-11-9-18(10-12-24)21-27-13-14-28-21/h4-8,16,18-19,21H,3,9-15H2,1-2H3,(H,23,26)/t16-,19-/m0/s1. The van der Waals surface area contributed by atoms with Crippen LogP contribution in [0.2, 0.25) is 0 Å². The van der Waals surface area contributed by atoms with E-state index in [-0.39, 0.29) is 24.7 Å². The number of nitrogens with zero attached hydrogens (tertiary/aromatic N) is 1. The Kier molecular flexibility index (Phi) is 7.89. The normalized spacial score (nSPS) is 20.3. The van der Waals surface area contributed by atoms with Gasteiger partial charge in [-0.15, -0.1) is 0 Å². The number of rotatable bonds is 7. The highest BCUT2D eigenvalue weighted by Gasteiger charge is 2.35. The largest absolute Gasteiger partial charge is 0.445 e. The van der Waals surface area contributed by atoms with Crippen molar-refractivity contribution in [3.63, 3.8) is 0 Å². The van der Waals surface area contributed by atoms with E-state index in [2.05, 4.69) is 5.32 Å². The van der Waals surface area contributed by atoms with Crippen molar-refractivity contribution in [1.82, 2.24) is 10.2 Å². The van der Waals surface area contributed by atoms with Gasteiger partial charge in [0.05, 0.1) is 13.2 Å². The SMILES string of the molecule is CC[C@H](C)[C@H](NC(=O)OCc1ccccc1)C(=O)N1CCC(C2OCCO2)CC1. The maximum Gasteiger partial charge on any atom is 0.408 e. The predicted octanol–water partition coefficient (Wildman–Crippen LogP) is 2.94. The molecule has 2 fully saturated rings. The predicted molar refractivity (Wildman–Crippen MR) is 108 cm³/mol. The van der Waals surface area contributed by atoms with Gasteiger partial charge in [0.1, 0.15) is 12.6 Å². The van der Waals surface area contributed by atoms with E-state index in [9.17, 15) is 9.59 Å². The van der Waals surface area contributed by atoms with Crippen LogP contribution in [0.4, 0.5) is 4.79 Å². The lowest BCUT2D eigenvalue weighted by Gasteiger charge is -2.36. The summed E-state index contributed by atoms with van der Waals surface area (Å²) in [6.45, 7) is 6.78. The average Bonchev–Trinajstić information content (AvgIpc) is 3.31. The summed E-state index contributed by atoms with van der Waals surface area (Å²) in [5, 5.41) is 2.80. The number of nitrogens with one attached hydrogen (secondary N) is 1. The second kappa shape index (κ2) is 10.6. The Bertz CT molecular complexity index is 654. The molecule has 2 atom stereocenters. The molecule has 7 heteroatoms. The molecule has 7 nitrogen and oxygen atoms in total. The van der Waals surface area contributed by atoms with Gasteiger partial charge in [0.25, 0.3) is 0 Å². The van der Waals surface area contributed by atoms with E-state index in [0.29, 0.717) is 32.2 Å². The number of carbonyl (C=O) groups is 2. The van der Waals surface area contributed by atoms with Crippen molar-refractivity contribution in [2.24, 2.45) is 11.8 Å². The Morgan fingerprint density at radius 2 is 1.83 bits per heavy atom. The molecule has 2 amide bonds. The Labute approximate surface area is 172 Å². The maximum absolute atomic E-state index is 13.1. The Morgan fingerprint density at radius 3 is 2.45 bits per heavy atom. The number of ether oxygens (including phenoxy) is 3. The third-order valence-corrected chi connectivity index (χ3v) is 5.85. The fraction of sp³-hybridized carbons (Fsp3) is 0.636. The summed E-state index contributed by atoms with van der Waals surface area (Å²) >= 11 is 0. The summed E-state index contributed by atoms with van der Waals surface area (Å²) in [5.41, 5.74) is 0.910. The Hall–Kier alpha value is -2.12. The van der Waals surface area contributed by atoms with Crippen LogP contribution in [0.15, 0.2) is 30.3 Å². The van der Waals surface area contributed by atoms with E-state index >= 15 is 0 Å². The highest BCUT2D eigenvalue weighted by Crippen LogP contribution is 2.26. The summed E-state index contributed by atoms with van der Waals surface area (Å²) in [7, 11) is 0. The van der Waals surface area contributed by atoms with Gasteiger partial charge in [0.15, 0.2) is 6.29 Å². The molecule has 29 heavy (non-hydrogen) atoms. The van der Waals surface area contributed by atoms with Gasteiger partial charge >= 0.3 is 6.09 Å². The van der Waals surface area contributed by atoms with Gasteiger partial charge in [-0.25, -0.2) is 4.79 Å². The van der Waals surface area contributed by atoms with Crippen LogP contribution >= 0.6 is 0 Å². The fourth-order valence-corrected chi connectivity index (χ4v) is 3.81. The molecule has 0 aliphatic carbocycles. The van der Waals surface area contributed by atoms with Crippen LogP contribution in [0.5, 0.6) is 0 Å². The summed E-state index contributed by atoms with van der Waals surface area (Å²) in [6, 6.07) is 8.91. The second-order valence-electron chi connectivity index (χ2n) is 7.84. The molecule has 2 aliphatic rings. The Balaban J connectivity index is 1.52. The number of hydrogen-bond donors (Lipinski definition) is 1. The molecule has 160 valence electrons. The highest BCUT2D eigenvalue weighted by atomic mass is 16.7. The molecular weight excluding hydrogens is 372 g/mol. The van der Waals surface area contributed by atoms with Gasteiger partial charge in [-0.2, -0.15) is 0 Å². The van der Waals surface area contributed by atoms with Crippen molar-refractivity contribution >= 4 is 12.0 Å². The van der Waals surface area contributed by atoms with E-state index in [0.717, 1.165) is 24.8 Å². The third-order valence-electron chi connectivity index (χ3n) is 5.85. The maximum atomic E-state index is 13.1. The van der Waals surface area contributed by atoms with Crippen molar-refractivity contribution in [2.45, 2.75) is 52.0 Å². The number of carbonyl (C=O) groups excluding carboxylic acids is 2. The zero-order valence-corrected chi connectivity index (χ0v) is 17.3. The van der Waals surface area contributed by atoms with Crippen LogP contribution in [0.25, 0.3) is 0 Å². The minimum Gasteiger partial charge on any atom is -0.445 e. The van der Waals surface area contributed by atoms with Gasteiger partial charge in [-0.3, -0.25) is 4.79 Å². The molecule has 1 aromatic carbocycles. The molecule has 0 spiro atoms. The molecule has 3 rings (SSSR count). The van der Waals surface area contributed by atoms with E-state index in [1.807, 2.05) is 49.1 Å². The van der Waals surface area contributed by atoms with Crippen molar-refractivity contribution < 1.29 is 23.8 Å². The van der Waals surface area contributed by atoms with Crippen molar-refractivity contribution in [3.05, 3.63) is 35.9 Å². The lowest BCUT2D eigenvalue weighted by molar-refractivity contribution is -0.140. The van der Waals surface area contributed by atoms with Crippen LogP contribution in [0, 0.1) is 11.8 Å². The molecular formula is C22H32N2O5. The van der Waals surface area contributed by atoms with Crippen molar-refractivity contribution in [2.75, 3.05) is 26.3 Å².